The van der Waals surface area contributed by atoms with E-state index >= 15 is 0 Å². The number of aliphatic hydroxyl groups is 1. The molecule has 1 aliphatic rings. The van der Waals surface area contributed by atoms with Crippen LogP contribution in [0.4, 0.5) is 8.78 Å². The summed E-state index contributed by atoms with van der Waals surface area (Å²) >= 11 is 0. The van der Waals surface area contributed by atoms with Gasteiger partial charge in [-0.15, -0.1) is 0 Å². The minimum atomic E-state index is -0.819. The summed E-state index contributed by atoms with van der Waals surface area (Å²) in [5.74, 6) is -1.66. The van der Waals surface area contributed by atoms with Crippen molar-refractivity contribution in [3.05, 3.63) is 70.8 Å². The van der Waals surface area contributed by atoms with Crippen LogP contribution in [0.25, 0.3) is 0 Å². The molecule has 1 amide bonds. The number of rotatable bonds is 2. The van der Waals surface area contributed by atoms with Crippen molar-refractivity contribution < 1.29 is 18.7 Å². The highest BCUT2D eigenvalue weighted by Gasteiger charge is 2.37. The molecule has 1 N–H and O–H groups in total. The van der Waals surface area contributed by atoms with Crippen LogP contribution < -0.4 is 0 Å². The molecule has 1 fully saturated rings. The van der Waals surface area contributed by atoms with Gasteiger partial charge >= 0.3 is 0 Å². The van der Waals surface area contributed by atoms with Gasteiger partial charge in [0, 0.05) is 17.7 Å². The molecule has 1 saturated heterocycles. The van der Waals surface area contributed by atoms with Crippen molar-refractivity contribution in [1.29, 1.82) is 5.26 Å². The molecule has 1 aliphatic heterocycles. The average molecular weight is 328 g/mol. The van der Waals surface area contributed by atoms with Gasteiger partial charge in [0.2, 0.25) is 0 Å². The second-order valence-electron chi connectivity index (χ2n) is 5.72. The number of nitriles is 1. The number of aliphatic hydroxyl groups excluding tert-OH is 1. The first-order valence-electron chi connectivity index (χ1n) is 7.43. The number of carbonyl (C=O) groups excluding carboxylic acids is 1. The Hall–Kier alpha value is -2.78. The topological polar surface area (TPSA) is 64.3 Å². The third-order valence-electron chi connectivity index (χ3n) is 4.10. The quantitative estimate of drug-likeness (QED) is 0.922. The van der Waals surface area contributed by atoms with Crippen LogP contribution >= 0.6 is 0 Å². The Bertz CT molecular complexity index is 832. The number of amides is 1. The maximum atomic E-state index is 14.1. The monoisotopic (exact) mass is 328 g/mol. The highest BCUT2D eigenvalue weighted by atomic mass is 19.1. The highest BCUT2D eigenvalue weighted by Crippen LogP contribution is 2.35. The number of likely N-dealkylation sites (tertiary alicyclic amines) is 1. The molecule has 0 unspecified atom stereocenters. The summed E-state index contributed by atoms with van der Waals surface area (Å²) in [4.78, 5) is 14.0. The molecule has 0 aliphatic carbocycles. The lowest BCUT2D eigenvalue weighted by Crippen LogP contribution is -2.32. The van der Waals surface area contributed by atoms with Gasteiger partial charge in [-0.1, -0.05) is 6.07 Å². The first-order valence-corrected chi connectivity index (χ1v) is 7.43. The summed E-state index contributed by atoms with van der Waals surface area (Å²) < 4.78 is 27.6. The number of carbonyl (C=O) groups is 1. The zero-order chi connectivity index (χ0) is 17.3. The number of benzene rings is 2. The van der Waals surface area contributed by atoms with Gasteiger partial charge in [0.1, 0.15) is 11.6 Å². The Kier molecular flexibility index (Phi) is 4.28. The Morgan fingerprint density at radius 2 is 2.04 bits per heavy atom. The summed E-state index contributed by atoms with van der Waals surface area (Å²) in [5.41, 5.74) is 0.635. The standard InChI is InChI=1S/C18H14F2N2O2/c19-13-4-5-16(20)15(7-13)17-8-14(23)10-22(17)18(24)12-3-1-2-11(6-12)9-21/h1-7,14,17,23H,8,10H2/t14-,17-/m0/s1. The molecule has 0 spiro atoms. The zero-order valence-electron chi connectivity index (χ0n) is 12.6. The Morgan fingerprint density at radius 1 is 1.25 bits per heavy atom. The molecule has 1 heterocycles. The molecule has 3 rings (SSSR count). The first kappa shape index (κ1) is 16.1. The van der Waals surface area contributed by atoms with E-state index in [1.165, 1.54) is 11.0 Å². The van der Waals surface area contributed by atoms with E-state index in [0.717, 1.165) is 18.2 Å². The summed E-state index contributed by atoms with van der Waals surface area (Å²) in [6.45, 7) is 0.0240. The van der Waals surface area contributed by atoms with Crippen molar-refractivity contribution in [2.24, 2.45) is 0 Å². The lowest BCUT2D eigenvalue weighted by atomic mass is 10.0. The van der Waals surface area contributed by atoms with Gasteiger partial charge in [-0.25, -0.2) is 8.78 Å². The second kappa shape index (κ2) is 6.38. The molecule has 6 heteroatoms. The van der Waals surface area contributed by atoms with Crippen molar-refractivity contribution in [3.63, 3.8) is 0 Å². The van der Waals surface area contributed by atoms with Crippen LogP contribution in [0.3, 0.4) is 0 Å². The Morgan fingerprint density at radius 3 is 2.79 bits per heavy atom. The summed E-state index contributed by atoms with van der Waals surface area (Å²) in [6, 6.07) is 10.4. The highest BCUT2D eigenvalue weighted by molar-refractivity contribution is 5.95. The fourth-order valence-electron chi connectivity index (χ4n) is 2.99. The van der Waals surface area contributed by atoms with Crippen molar-refractivity contribution in [2.75, 3.05) is 6.54 Å². The number of hydrogen-bond acceptors (Lipinski definition) is 3. The largest absolute Gasteiger partial charge is 0.391 e. The fourth-order valence-corrected chi connectivity index (χ4v) is 2.99. The van der Waals surface area contributed by atoms with Crippen LogP contribution in [-0.2, 0) is 0 Å². The Labute approximate surface area is 137 Å². The Balaban J connectivity index is 1.97. The van der Waals surface area contributed by atoms with Crippen molar-refractivity contribution >= 4 is 5.91 Å². The van der Waals surface area contributed by atoms with Gasteiger partial charge in [-0.3, -0.25) is 4.79 Å². The van der Waals surface area contributed by atoms with Crippen LogP contribution in [0.2, 0.25) is 0 Å². The van der Waals surface area contributed by atoms with Gasteiger partial charge < -0.3 is 10.0 Å². The predicted octanol–water partition coefficient (Wildman–Crippen LogP) is 2.78. The third-order valence-corrected chi connectivity index (χ3v) is 4.10. The number of hydrogen-bond donors (Lipinski definition) is 1. The zero-order valence-corrected chi connectivity index (χ0v) is 12.6. The molecule has 0 radical (unpaired) electrons. The maximum absolute atomic E-state index is 14.1. The second-order valence-corrected chi connectivity index (χ2v) is 5.72. The van der Waals surface area contributed by atoms with Gasteiger partial charge in [0.25, 0.3) is 5.91 Å². The molecule has 2 aromatic carbocycles. The summed E-state index contributed by atoms with van der Waals surface area (Å²) in [6.07, 6.45) is -0.690. The molecule has 0 bridgehead atoms. The van der Waals surface area contributed by atoms with E-state index in [0.29, 0.717) is 5.56 Å². The third kappa shape index (κ3) is 2.99. The fraction of sp³-hybridized carbons (Fsp3) is 0.222. The van der Waals surface area contributed by atoms with Crippen LogP contribution in [0.1, 0.15) is 33.9 Å². The van der Waals surface area contributed by atoms with Gasteiger partial charge in [-0.2, -0.15) is 5.26 Å². The lowest BCUT2D eigenvalue weighted by molar-refractivity contribution is 0.0713. The SMILES string of the molecule is N#Cc1cccc(C(=O)N2C[C@@H](O)C[C@H]2c2cc(F)ccc2F)c1. The molecule has 4 nitrogen and oxygen atoms in total. The van der Waals surface area contributed by atoms with Crippen LogP contribution in [0.15, 0.2) is 42.5 Å². The minimum Gasteiger partial charge on any atom is -0.391 e. The minimum absolute atomic E-state index is 0.0240. The summed E-state index contributed by atoms with van der Waals surface area (Å²) in [7, 11) is 0. The maximum Gasteiger partial charge on any atom is 0.254 e. The molecule has 0 saturated carbocycles. The molecular formula is C18H14F2N2O2. The van der Waals surface area contributed by atoms with Crippen molar-refractivity contribution in [3.8, 4) is 6.07 Å². The molecular weight excluding hydrogens is 314 g/mol. The van der Waals surface area contributed by atoms with E-state index in [9.17, 15) is 18.7 Å². The van der Waals surface area contributed by atoms with E-state index in [-0.39, 0.29) is 24.1 Å². The van der Waals surface area contributed by atoms with E-state index in [1.807, 2.05) is 6.07 Å². The van der Waals surface area contributed by atoms with E-state index in [1.54, 1.807) is 18.2 Å². The predicted molar refractivity (Wildman–Crippen MR) is 81.9 cm³/mol. The molecule has 2 atom stereocenters. The smallest absolute Gasteiger partial charge is 0.254 e. The number of β-amino-alcohol motifs (C(OH)–C–C–N with tert-alkyl or cyclic N) is 1. The summed E-state index contributed by atoms with van der Waals surface area (Å²) in [5, 5.41) is 18.9. The van der Waals surface area contributed by atoms with Gasteiger partial charge in [0.15, 0.2) is 0 Å². The van der Waals surface area contributed by atoms with Gasteiger partial charge in [-0.05, 0) is 42.8 Å². The lowest BCUT2D eigenvalue weighted by Gasteiger charge is -2.25. The average Bonchev–Trinajstić information content (AvgIpc) is 2.98. The van der Waals surface area contributed by atoms with Crippen LogP contribution in [0.5, 0.6) is 0 Å². The number of halogens is 2. The van der Waals surface area contributed by atoms with Crippen molar-refractivity contribution in [2.45, 2.75) is 18.6 Å². The van der Waals surface area contributed by atoms with E-state index in [2.05, 4.69) is 0 Å². The van der Waals surface area contributed by atoms with E-state index < -0.39 is 29.7 Å². The van der Waals surface area contributed by atoms with Crippen LogP contribution in [0, 0.1) is 23.0 Å². The number of nitrogens with zero attached hydrogens (tertiary/aromatic N) is 2. The normalized spacial score (nSPS) is 20.0. The first-order chi connectivity index (χ1) is 11.5. The molecule has 2 aromatic rings. The van der Waals surface area contributed by atoms with E-state index in [4.69, 9.17) is 5.26 Å². The molecule has 24 heavy (non-hydrogen) atoms. The molecule has 122 valence electrons. The van der Waals surface area contributed by atoms with Gasteiger partial charge in [0.05, 0.1) is 23.8 Å². The van der Waals surface area contributed by atoms with Crippen molar-refractivity contribution in [1.82, 2.24) is 4.90 Å². The molecule has 0 aromatic heterocycles. The van der Waals surface area contributed by atoms with Crippen LogP contribution in [-0.4, -0.2) is 28.6 Å².